The maximum absolute atomic E-state index is 12.8. The van der Waals surface area contributed by atoms with Crippen molar-refractivity contribution in [2.45, 2.75) is 39.0 Å². The van der Waals surface area contributed by atoms with Gasteiger partial charge in [0.25, 0.3) is 5.91 Å². The summed E-state index contributed by atoms with van der Waals surface area (Å²) in [6.45, 7) is 2.86. The Morgan fingerprint density at radius 1 is 1.13 bits per heavy atom. The molecule has 1 aliphatic carbocycles. The van der Waals surface area contributed by atoms with E-state index < -0.39 is 0 Å². The maximum atomic E-state index is 12.8. The van der Waals surface area contributed by atoms with Gasteiger partial charge in [0, 0.05) is 39.9 Å². The van der Waals surface area contributed by atoms with Crippen molar-refractivity contribution in [2.75, 3.05) is 17.2 Å². The van der Waals surface area contributed by atoms with E-state index in [1.807, 2.05) is 43.3 Å². The Morgan fingerprint density at radius 2 is 1.94 bits per heavy atom. The Hall–Kier alpha value is -2.79. The van der Waals surface area contributed by atoms with Gasteiger partial charge < -0.3 is 15.1 Å². The normalized spacial score (nSPS) is 16.2. The molecule has 1 amide bonds. The molecule has 0 fully saturated rings. The minimum absolute atomic E-state index is 0.0704. The Labute approximate surface area is 190 Å². The van der Waals surface area contributed by atoms with Gasteiger partial charge in [0.05, 0.1) is 5.57 Å². The highest BCUT2D eigenvalue weighted by Gasteiger charge is 2.29. The number of carbonyl (C=O) groups excluding carboxylic acids is 1. The third-order valence-electron chi connectivity index (χ3n) is 6.23. The third-order valence-corrected chi connectivity index (χ3v) is 7.09. The molecule has 0 bridgehead atoms. The molecule has 1 aliphatic heterocycles. The van der Waals surface area contributed by atoms with Gasteiger partial charge in [0.2, 0.25) is 0 Å². The number of nitrogens with one attached hydrogen (secondary N) is 2. The van der Waals surface area contributed by atoms with E-state index in [0.29, 0.717) is 5.57 Å². The zero-order valence-corrected chi connectivity index (χ0v) is 19.1. The van der Waals surface area contributed by atoms with Crippen LogP contribution >= 0.6 is 15.9 Å². The number of rotatable bonds is 5. The Kier molecular flexibility index (Phi) is 5.45. The molecule has 2 aliphatic rings. The van der Waals surface area contributed by atoms with Crippen LogP contribution in [0.25, 0.3) is 11.6 Å². The van der Waals surface area contributed by atoms with Crippen LogP contribution in [-0.2, 0) is 24.1 Å². The first-order chi connectivity index (χ1) is 15.1. The lowest BCUT2D eigenvalue weighted by Gasteiger charge is -2.12. The van der Waals surface area contributed by atoms with Crippen LogP contribution in [0.4, 0.5) is 11.4 Å². The predicted molar refractivity (Wildman–Crippen MR) is 129 cm³/mol. The smallest absolute Gasteiger partial charge is 0.256 e. The van der Waals surface area contributed by atoms with Crippen LogP contribution < -0.4 is 10.6 Å². The number of para-hydroxylation sites is 1. The summed E-state index contributed by atoms with van der Waals surface area (Å²) in [5.74, 6) is 1.86. The van der Waals surface area contributed by atoms with Gasteiger partial charge in [-0.15, -0.1) is 0 Å². The first-order valence-electron chi connectivity index (χ1n) is 10.9. The highest BCUT2D eigenvalue weighted by molar-refractivity contribution is 9.10. The lowest BCUT2D eigenvalue weighted by molar-refractivity contribution is -0.110. The van der Waals surface area contributed by atoms with Crippen LogP contribution in [0.5, 0.6) is 0 Å². The SMILES string of the molecule is Cc1c(Br)ccc2c1C(=Cc1oc3c(c1CCNc1ccccc1)CCCC3)C(=O)N2. The number of benzene rings is 2. The van der Waals surface area contributed by atoms with Crippen molar-refractivity contribution in [2.24, 2.45) is 0 Å². The maximum Gasteiger partial charge on any atom is 0.256 e. The fraction of sp³-hybridized carbons (Fsp3) is 0.269. The molecule has 158 valence electrons. The molecule has 0 spiro atoms. The fourth-order valence-electron chi connectivity index (χ4n) is 4.64. The number of carbonyl (C=O) groups is 1. The molecule has 2 N–H and O–H groups in total. The molecule has 0 radical (unpaired) electrons. The van der Waals surface area contributed by atoms with Gasteiger partial charge in [0.1, 0.15) is 11.5 Å². The summed E-state index contributed by atoms with van der Waals surface area (Å²) in [4.78, 5) is 12.8. The van der Waals surface area contributed by atoms with E-state index in [2.05, 4.69) is 38.7 Å². The first kappa shape index (κ1) is 20.1. The van der Waals surface area contributed by atoms with E-state index in [-0.39, 0.29) is 5.91 Å². The van der Waals surface area contributed by atoms with Crippen molar-refractivity contribution in [3.05, 3.63) is 80.7 Å². The quantitative estimate of drug-likeness (QED) is 0.420. The minimum atomic E-state index is -0.0704. The predicted octanol–water partition coefficient (Wildman–Crippen LogP) is 6.38. The molecule has 0 unspecified atom stereocenters. The molecular weight excluding hydrogens is 452 g/mol. The third kappa shape index (κ3) is 3.83. The zero-order valence-electron chi connectivity index (χ0n) is 17.6. The molecule has 1 aromatic heterocycles. The molecule has 5 rings (SSSR count). The van der Waals surface area contributed by atoms with Crippen molar-refractivity contribution in [3.63, 3.8) is 0 Å². The number of aryl methyl sites for hydroxylation is 1. The summed E-state index contributed by atoms with van der Waals surface area (Å²) >= 11 is 3.60. The number of halogens is 1. The average molecular weight is 477 g/mol. The minimum Gasteiger partial charge on any atom is -0.461 e. The van der Waals surface area contributed by atoms with Gasteiger partial charge in [-0.2, -0.15) is 0 Å². The van der Waals surface area contributed by atoms with E-state index in [4.69, 9.17) is 4.42 Å². The van der Waals surface area contributed by atoms with Gasteiger partial charge >= 0.3 is 0 Å². The highest BCUT2D eigenvalue weighted by atomic mass is 79.9. The van der Waals surface area contributed by atoms with Crippen molar-refractivity contribution < 1.29 is 9.21 Å². The van der Waals surface area contributed by atoms with Gasteiger partial charge in [0.15, 0.2) is 0 Å². The monoisotopic (exact) mass is 476 g/mol. The summed E-state index contributed by atoms with van der Waals surface area (Å²) in [5, 5.41) is 6.50. The van der Waals surface area contributed by atoms with Gasteiger partial charge in [-0.25, -0.2) is 0 Å². The summed E-state index contributed by atoms with van der Waals surface area (Å²) in [6.07, 6.45) is 7.20. The second-order valence-corrected chi connectivity index (χ2v) is 9.06. The molecule has 0 saturated carbocycles. The Morgan fingerprint density at radius 3 is 2.77 bits per heavy atom. The van der Waals surface area contributed by atoms with Crippen LogP contribution in [0.3, 0.4) is 0 Å². The fourth-order valence-corrected chi connectivity index (χ4v) is 4.97. The van der Waals surface area contributed by atoms with E-state index in [9.17, 15) is 4.79 Å². The van der Waals surface area contributed by atoms with Crippen LogP contribution in [0.1, 0.15) is 46.6 Å². The Balaban J connectivity index is 1.51. The second-order valence-electron chi connectivity index (χ2n) is 8.20. The molecule has 3 aromatic rings. The summed E-state index contributed by atoms with van der Waals surface area (Å²) in [6, 6.07) is 14.2. The largest absolute Gasteiger partial charge is 0.461 e. The summed E-state index contributed by atoms with van der Waals surface area (Å²) < 4.78 is 7.34. The number of amides is 1. The van der Waals surface area contributed by atoms with Gasteiger partial charge in [-0.1, -0.05) is 34.1 Å². The molecular formula is C26H25BrN2O2. The number of hydrogen-bond donors (Lipinski definition) is 2. The number of anilines is 2. The molecule has 2 heterocycles. The summed E-state index contributed by atoms with van der Waals surface area (Å²) in [7, 11) is 0. The lowest BCUT2D eigenvalue weighted by atomic mass is 9.92. The van der Waals surface area contributed by atoms with E-state index in [1.165, 1.54) is 17.5 Å². The molecule has 4 nitrogen and oxygen atoms in total. The molecule has 31 heavy (non-hydrogen) atoms. The standard InChI is InChI=1S/C26H25BrN2O2/c1-16-21(27)11-12-22-25(16)20(26(30)29-22)15-24-19(18-9-5-6-10-23(18)31-24)13-14-28-17-7-3-2-4-8-17/h2-4,7-8,11-12,15,28H,5-6,9-10,13-14H2,1H3,(H,29,30). The molecule has 0 saturated heterocycles. The van der Waals surface area contributed by atoms with Crippen LogP contribution in [0, 0.1) is 6.92 Å². The van der Waals surface area contributed by atoms with Crippen LogP contribution in [0.15, 0.2) is 51.4 Å². The van der Waals surface area contributed by atoms with Crippen molar-refractivity contribution in [1.82, 2.24) is 0 Å². The van der Waals surface area contributed by atoms with E-state index >= 15 is 0 Å². The van der Waals surface area contributed by atoms with Crippen LogP contribution in [0.2, 0.25) is 0 Å². The topological polar surface area (TPSA) is 54.3 Å². The molecule has 5 heteroatoms. The lowest BCUT2D eigenvalue weighted by Crippen LogP contribution is -2.08. The average Bonchev–Trinajstić information content (AvgIpc) is 3.29. The molecule has 2 aromatic carbocycles. The number of hydrogen-bond acceptors (Lipinski definition) is 3. The van der Waals surface area contributed by atoms with E-state index in [0.717, 1.165) is 70.7 Å². The summed E-state index contributed by atoms with van der Waals surface area (Å²) in [5.41, 5.74) is 7.26. The first-order valence-corrected chi connectivity index (χ1v) is 11.7. The van der Waals surface area contributed by atoms with E-state index in [1.54, 1.807) is 0 Å². The number of furan rings is 1. The molecule has 0 atom stereocenters. The van der Waals surface area contributed by atoms with Gasteiger partial charge in [-0.05, 0) is 74.1 Å². The highest BCUT2D eigenvalue weighted by Crippen LogP contribution is 2.40. The number of fused-ring (bicyclic) bond motifs is 2. The Bertz CT molecular complexity index is 1180. The van der Waals surface area contributed by atoms with Crippen molar-refractivity contribution >= 4 is 44.9 Å². The van der Waals surface area contributed by atoms with Crippen molar-refractivity contribution in [3.8, 4) is 0 Å². The van der Waals surface area contributed by atoms with Crippen LogP contribution in [-0.4, -0.2) is 12.5 Å². The van der Waals surface area contributed by atoms with Gasteiger partial charge in [-0.3, -0.25) is 4.79 Å². The second kappa shape index (κ2) is 8.39. The van der Waals surface area contributed by atoms with Crippen molar-refractivity contribution in [1.29, 1.82) is 0 Å². The zero-order chi connectivity index (χ0) is 21.4.